The number of halogens is 2. The Labute approximate surface area is 112 Å². The molecule has 0 amide bonds. The van der Waals surface area contributed by atoms with E-state index in [0.717, 1.165) is 14.6 Å². The molecule has 1 aromatic rings. The van der Waals surface area contributed by atoms with E-state index < -0.39 is 0 Å². The fraction of sp³-hybridized carbons (Fsp3) is 0.500. The van der Waals surface area contributed by atoms with Crippen molar-refractivity contribution in [1.82, 2.24) is 10.3 Å². The first-order valence-electron chi connectivity index (χ1n) is 4.83. The van der Waals surface area contributed by atoms with Gasteiger partial charge in [0.05, 0.1) is 24.9 Å². The van der Waals surface area contributed by atoms with Gasteiger partial charge >= 0.3 is 0 Å². The van der Waals surface area contributed by atoms with Gasteiger partial charge in [0.25, 0.3) is 0 Å². The zero-order valence-electron chi connectivity index (χ0n) is 8.91. The summed E-state index contributed by atoms with van der Waals surface area (Å²) < 4.78 is 6.70. The molecule has 0 saturated heterocycles. The van der Waals surface area contributed by atoms with Crippen LogP contribution in [0.3, 0.4) is 0 Å². The first kappa shape index (κ1) is 14.1. The third kappa shape index (κ3) is 4.10. The Morgan fingerprint density at radius 1 is 1.56 bits per heavy atom. The molecule has 1 atom stereocenters. The van der Waals surface area contributed by atoms with Crippen LogP contribution in [0.1, 0.15) is 11.7 Å². The van der Waals surface area contributed by atoms with Gasteiger partial charge in [0.15, 0.2) is 0 Å². The van der Waals surface area contributed by atoms with Crippen LogP contribution in [-0.2, 0) is 4.74 Å². The Morgan fingerprint density at radius 3 is 2.88 bits per heavy atom. The van der Waals surface area contributed by atoms with Gasteiger partial charge in [-0.05, 0) is 37.9 Å². The number of aliphatic hydroxyl groups excluding tert-OH is 1. The van der Waals surface area contributed by atoms with E-state index in [-0.39, 0.29) is 12.6 Å². The van der Waals surface area contributed by atoms with Crippen LogP contribution < -0.4 is 5.32 Å². The van der Waals surface area contributed by atoms with Crippen molar-refractivity contribution in [1.29, 1.82) is 0 Å². The molecule has 4 nitrogen and oxygen atoms in total. The summed E-state index contributed by atoms with van der Waals surface area (Å²) in [6.45, 7) is 1.27. The zero-order valence-corrected chi connectivity index (χ0v) is 12.1. The first-order valence-corrected chi connectivity index (χ1v) is 6.41. The largest absolute Gasteiger partial charge is 0.394 e. The van der Waals surface area contributed by atoms with E-state index in [2.05, 4.69) is 42.2 Å². The van der Waals surface area contributed by atoms with Crippen molar-refractivity contribution < 1.29 is 9.84 Å². The number of aromatic nitrogens is 1. The molecule has 1 aromatic heterocycles. The van der Waals surface area contributed by atoms with Crippen LogP contribution in [0.15, 0.2) is 21.2 Å². The number of nitrogens with zero attached hydrogens (tertiary/aromatic N) is 1. The predicted octanol–water partition coefficient (Wildman–Crippen LogP) is 1.88. The lowest BCUT2D eigenvalue weighted by molar-refractivity contribution is 0.183. The smallest absolute Gasteiger partial charge is 0.0742 e. The van der Waals surface area contributed by atoms with Crippen molar-refractivity contribution in [3.8, 4) is 0 Å². The highest BCUT2D eigenvalue weighted by molar-refractivity contribution is 9.11. The number of rotatable bonds is 6. The molecule has 0 aliphatic rings. The van der Waals surface area contributed by atoms with Crippen LogP contribution in [-0.4, -0.2) is 37.0 Å². The highest BCUT2D eigenvalue weighted by atomic mass is 79.9. The van der Waals surface area contributed by atoms with Crippen LogP contribution in [0.25, 0.3) is 0 Å². The van der Waals surface area contributed by atoms with Crippen LogP contribution in [0.5, 0.6) is 0 Å². The topological polar surface area (TPSA) is 54.4 Å². The minimum atomic E-state index is -0.183. The number of nitrogens with one attached hydrogen (secondary N) is 1. The van der Waals surface area contributed by atoms with E-state index in [1.165, 1.54) is 0 Å². The second-order valence-corrected chi connectivity index (χ2v) is 4.97. The van der Waals surface area contributed by atoms with E-state index in [4.69, 9.17) is 4.74 Å². The highest BCUT2D eigenvalue weighted by Gasteiger charge is 2.14. The summed E-state index contributed by atoms with van der Waals surface area (Å²) in [6.07, 6.45) is 1.71. The van der Waals surface area contributed by atoms with Crippen LogP contribution in [0.2, 0.25) is 0 Å². The summed E-state index contributed by atoms with van der Waals surface area (Å²) in [5, 5.41) is 12.5. The molecular formula is C10H14Br2N2O2. The third-order valence-electron chi connectivity index (χ3n) is 2.05. The van der Waals surface area contributed by atoms with Crippen molar-refractivity contribution in [3.05, 3.63) is 26.9 Å². The molecule has 0 spiro atoms. The second kappa shape index (κ2) is 7.34. The molecule has 6 heteroatoms. The zero-order chi connectivity index (χ0) is 12.0. The van der Waals surface area contributed by atoms with Crippen molar-refractivity contribution >= 4 is 31.9 Å². The quantitative estimate of drug-likeness (QED) is 0.767. The molecule has 2 N–H and O–H groups in total. The van der Waals surface area contributed by atoms with E-state index in [1.807, 2.05) is 6.07 Å². The fourth-order valence-corrected chi connectivity index (χ4v) is 2.53. The Balaban J connectivity index is 2.70. The maximum Gasteiger partial charge on any atom is 0.0742 e. The lowest BCUT2D eigenvalue weighted by Gasteiger charge is -2.16. The highest BCUT2D eigenvalue weighted by Crippen LogP contribution is 2.24. The average Bonchev–Trinajstić information content (AvgIpc) is 2.26. The molecule has 90 valence electrons. The number of hydrogen-bond donors (Lipinski definition) is 2. The first-order chi connectivity index (χ1) is 7.69. The molecule has 1 heterocycles. The van der Waals surface area contributed by atoms with Crippen molar-refractivity contribution in [2.75, 3.05) is 26.9 Å². The summed E-state index contributed by atoms with van der Waals surface area (Å²) in [6, 6.07) is 1.72. The van der Waals surface area contributed by atoms with Crippen LogP contribution in [0, 0.1) is 0 Å². The summed E-state index contributed by atoms with van der Waals surface area (Å²) in [7, 11) is 1.64. The van der Waals surface area contributed by atoms with Gasteiger partial charge < -0.3 is 15.2 Å². The number of pyridine rings is 1. The number of methoxy groups -OCH3 is 1. The molecular weight excluding hydrogens is 340 g/mol. The van der Waals surface area contributed by atoms with Gasteiger partial charge in [-0.15, -0.1) is 0 Å². The number of ether oxygens (including phenoxy) is 1. The minimum Gasteiger partial charge on any atom is -0.394 e. The standard InChI is InChI=1S/C10H14Br2N2O2/c1-16-3-2-13-9(6-15)10-8(12)4-7(11)5-14-10/h4-5,9,13,15H,2-3,6H2,1H3. The van der Waals surface area contributed by atoms with Gasteiger partial charge in [-0.1, -0.05) is 0 Å². The van der Waals surface area contributed by atoms with Gasteiger partial charge in [0.2, 0.25) is 0 Å². The molecule has 0 aromatic carbocycles. The third-order valence-corrected chi connectivity index (χ3v) is 3.11. The second-order valence-electron chi connectivity index (χ2n) is 3.20. The SMILES string of the molecule is COCCNC(CO)c1ncc(Br)cc1Br. The summed E-state index contributed by atoms with van der Waals surface area (Å²) in [5.41, 5.74) is 0.793. The normalized spacial score (nSPS) is 12.8. The van der Waals surface area contributed by atoms with Crippen LogP contribution in [0.4, 0.5) is 0 Å². The molecule has 0 aliphatic heterocycles. The van der Waals surface area contributed by atoms with Gasteiger partial charge in [-0.2, -0.15) is 0 Å². The number of aliphatic hydroxyl groups is 1. The minimum absolute atomic E-state index is 0.00303. The summed E-state index contributed by atoms with van der Waals surface area (Å²) in [4.78, 5) is 4.27. The molecule has 0 radical (unpaired) electrons. The van der Waals surface area contributed by atoms with Gasteiger partial charge in [-0.3, -0.25) is 4.98 Å². The monoisotopic (exact) mass is 352 g/mol. The average molecular weight is 354 g/mol. The van der Waals surface area contributed by atoms with Crippen LogP contribution >= 0.6 is 31.9 Å². The molecule has 0 bridgehead atoms. The Kier molecular flexibility index (Phi) is 6.45. The molecule has 1 rings (SSSR count). The van der Waals surface area contributed by atoms with Crippen molar-refractivity contribution in [2.24, 2.45) is 0 Å². The van der Waals surface area contributed by atoms with Crippen molar-refractivity contribution in [3.63, 3.8) is 0 Å². The van der Waals surface area contributed by atoms with Crippen molar-refractivity contribution in [2.45, 2.75) is 6.04 Å². The van der Waals surface area contributed by atoms with E-state index in [1.54, 1.807) is 13.3 Å². The van der Waals surface area contributed by atoms with E-state index in [9.17, 15) is 5.11 Å². The Bertz CT molecular complexity index is 337. The molecule has 0 fully saturated rings. The van der Waals surface area contributed by atoms with Gasteiger partial charge in [0.1, 0.15) is 0 Å². The maximum atomic E-state index is 9.30. The Hall–Kier alpha value is -0.0100. The molecule has 0 aliphatic carbocycles. The molecule has 16 heavy (non-hydrogen) atoms. The Morgan fingerprint density at radius 2 is 2.31 bits per heavy atom. The van der Waals surface area contributed by atoms with E-state index >= 15 is 0 Å². The maximum absolute atomic E-state index is 9.30. The number of hydrogen-bond acceptors (Lipinski definition) is 4. The lowest BCUT2D eigenvalue weighted by Crippen LogP contribution is -2.28. The fourth-order valence-electron chi connectivity index (χ4n) is 1.26. The molecule has 0 saturated carbocycles. The lowest BCUT2D eigenvalue weighted by atomic mass is 10.2. The van der Waals surface area contributed by atoms with Gasteiger partial charge in [-0.25, -0.2) is 0 Å². The summed E-state index contributed by atoms with van der Waals surface area (Å²) >= 11 is 6.76. The molecule has 1 unspecified atom stereocenters. The predicted molar refractivity (Wildman–Crippen MR) is 69.3 cm³/mol. The van der Waals surface area contributed by atoms with E-state index in [0.29, 0.717) is 13.2 Å². The summed E-state index contributed by atoms with van der Waals surface area (Å²) in [5.74, 6) is 0. The van der Waals surface area contributed by atoms with Gasteiger partial charge in [0, 0.05) is 28.8 Å².